The fraction of sp³-hybridized carbons (Fsp3) is 0.500. The van der Waals surface area contributed by atoms with Crippen LogP contribution in [-0.4, -0.2) is 29.3 Å². The van der Waals surface area contributed by atoms with Crippen molar-refractivity contribution in [3.05, 3.63) is 29.6 Å². The minimum absolute atomic E-state index is 0.300. The molecule has 0 bridgehead atoms. The van der Waals surface area contributed by atoms with Crippen LogP contribution in [0.2, 0.25) is 0 Å². The molecule has 1 aromatic heterocycles. The Hall–Kier alpha value is -1.37. The van der Waals surface area contributed by atoms with Gasteiger partial charge in [-0.05, 0) is 56.8 Å². The summed E-state index contributed by atoms with van der Waals surface area (Å²) < 4.78 is 0. The number of aliphatic hydroxyl groups is 1. The Morgan fingerprint density at radius 3 is 2.88 bits per heavy atom. The molecule has 1 aliphatic heterocycles. The molecule has 3 heteroatoms. The molecular formula is C14H18N2O. The van der Waals surface area contributed by atoms with E-state index in [-0.39, 0.29) is 0 Å². The van der Waals surface area contributed by atoms with Gasteiger partial charge >= 0.3 is 0 Å². The van der Waals surface area contributed by atoms with E-state index in [0.717, 1.165) is 37.3 Å². The first kappa shape index (κ1) is 12.1. The molecule has 1 atom stereocenters. The molecule has 0 aromatic carbocycles. The summed E-state index contributed by atoms with van der Waals surface area (Å²) in [5, 5.41) is 13.3. The second-order valence-electron chi connectivity index (χ2n) is 4.47. The van der Waals surface area contributed by atoms with E-state index in [1.807, 2.05) is 25.1 Å². The van der Waals surface area contributed by atoms with Crippen molar-refractivity contribution >= 4 is 0 Å². The summed E-state index contributed by atoms with van der Waals surface area (Å²) in [5.74, 6) is 6.16. The number of pyridine rings is 1. The van der Waals surface area contributed by atoms with E-state index in [2.05, 4.69) is 22.1 Å². The standard InChI is InChI=1S/C14H18N2O/c1-11-3-2-4-13(16-11)5-6-14(17)12-7-9-15-10-8-12/h2-4,12,14-15,17H,7-10H2,1H3. The van der Waals surface area contributed by atoms with Crippen LogP contribution in [0.4, 0.5) is 0 Å². The van der Waals surface area contributed by atoms with Gasteiger partial charge in [-0.2, -0.15) is 0 Å². The Labute approximate surface area is 102 Å². The smallest absolute Gasteiger partial charge is 0.118 e. The Morgan fingerprint density at radius 1 is 1.41 bits per heavy atom. The molecule has 0 saturated carbocycles. The molecule has 1 fully saturated rings. The number of aryl methyl sites for hydroxylation is 1. The minimum atomic E-state index is -0.528. The third-order valence-corrected chi connectivity index (χ3v) is 3.07. The number of piperidine rings is 1. The zero-order valence-electron chi connectivity index (χ0n) is 10.1. The molecule has 1 aromatic rings. The van der Waals surface area contributed by atoms with Gasteiger partial charge in [0, 0.05) is 5.69 Å². The average molecular weight is 230 g/mol. The Morgan fingerprint density at radius 2 is 2.18 bits per heavy atom. The van der Waals surface area contributed by atoms with E-state index in [1.54, 1.807) is 0 Å². The van der Waals surface area contributed by atoms with Crippen molar-refractivity contribution in [3.63, 3.8) is 0 Å². The fourth-order valence-corrected chi connectivity index (χ4v) is 2.04. The lowest BCUT2D eigenvalue weighted by atomic mass is 9.92. The summed E-state index contributed by atoms with van der Waals surface area (Å²) in [6.45, 7) is 3.90. The zero-order chi connectivity index (χ0) is 12.1. The number of rotatable bonds is 1. The van der Waals surface area contributed by atoms with Gasteiger partial charge in [-0.3, -0.25) is 0 Å². The maximum atomic E-state index is 9.98. The lowest BCUT2D eigenvalue weighted by Gasteiger charge is -2.24. The number of aliphatic hydroxyl groups excluding tert-OH is 1. The second-order valence-corrected chi connectivity index (χ2v) is 4.47. The summed E-state index contributed by atoms with van der Waals surface area (Å²) in [6, 6.07) is 5.74. The second kappa shape index (κ2) is 5.81. The SMILES string of the molecule is Cc1cccc(C#CC(O)C2CCNCC2)n1. The zero-order valence-corrected chi connectivity index (χ0v) is 10.1. The van der Waals surface area contributed by atoms with E-state index in [4.69, 9.17) is 0 Å². The van der Waals surface area contributed by atoms with E-state index in [1.165, 1.54) is 0 Å². The normalized spacial score (nSPS) is 18.2. The summed E-state index contributed by atoms with van der Waals surface area (Å²) in [6.07, 6.45) is 1.47. The topological polar surface area (TPSA) is 45.1 Å². The van der Waals surface area contributed by atoms with Gasteiger partial charge in [-0.1, -0.05) is 12.0 Å². The van der Waals surface area contributed by atoms with Gasteiger partial charge in [0.15, 0.2) is 0 Å². The Balaban J connectivity index is 2.00. The number of hydrogen-bond acceptors (Lipinski definition) is 3. The van der Waals surface area contributed by atoms with Gasteiger partial charge in [0.05, 0.1) is 0 Å². The molecule has 1 unspecified atom stereocenters. The van der Waals surface area contributed by atoms with Crippen LogP contribution < -0.4 is 5.32 Å². The molecular weight excluding hydrogens is 212 g/mol. The summed E-state index contributed by atoms with van der Waals surface area (Å²) in [5.41, 5.74) is 1.69. The monoisotopic (exact) mass is 230 g/mol. The van der Waals surface area contributed by atoms with Gasteiger partial charge in [0.2, 0.25) is 0 Å². The van der Waals surface area contributed by atoms with Crippen LogP contribution in [-0.2, 0) is 0 Å². The quantitative estimate of drug-likeness (QED) is 0.710. The molecule has 0 amide bonds. The van der Waals surface area contributed by atoms with Crippen LogP contribution in [0.3, 0.4) is 0 Å². The first-order chi connectivity index (χ1) is 8.25. The van der Waals surface area contributed by atoms with Crippen molar-refractivity contribution in [1.82, 2.24) is 10.3 Å². The van der Waals surface area contributed by atoms with Crippen molar-refractivity contribution in [1.29, 1.82) is 0 Å². The molecule has 2 N–H and O–H groups in total. The van der Waals surface area contributed by atoms with Crippen molar-refractivity contribution in [3.8, 4) is 11.8 Å². The first-order valence-corrected chi connectivity index (χ1v) is 6.10. The molecule has 2 rings (SSSR count). The van der Waals surface area contributed by atoms with E-state index >= 15 is 0 Å². The Kier molecular flexibility index (Phi) is 4.13. The highest BCUT2D eigenvalue weighted by Crippen LogP contribution is 2.15. The molecule has 0 aliphatic carbocycles. The number of hydrogen-bond donors (Lipinski definition) is 2. The highest BCUT2D eigenvalue weighted by molar-refractivity contribution is 5.29. The first-order valence-electron chi connectivity index (χ1n) is 6.10. The minimum Gasteiger partial charge on any atom is -0.380 e. The van der Waals surface area contributed by atoms with E-state index in [9.17, 15) is 5.11 Å². The fourth-order valence-electron chi connectivity index (χ4n) is 2.04. The van der Waals surface area contributed by atoms with Gasteiger partial charge in [-0.25, -0.2) is 4.98 Å². The molecule has 3 nitrogen and oxygen atoms in total. The van der Waals surface area contributed by atoms with Gasteiger partial charge in [0.25, 0.3) is 0 Å². The van der Waals surface area contributed by atoms with Crippen LogP contribution >= 0.6 is 0 Å². The predicted molar refractivity (Wildman–Crippen MR) is 67.5 cm³/mol. The van der Waals surface area contributed by atoms with Gasteiger partial charge in [0.1, 0.15) is 11.8 Å². The van der Waals surface area contributed by atoms with Gasteiger partial charge < -0.3 is 10.4 Å². The van der Waals surface area contributed by atoms with Crippen LogP contribution in [0.15, 0.2) is 18.2 Å². The molecule has 1 aliphatic rings. The molecule has 0 spiro atoms. The Bertz CT molecular complexity index is 427. The molecule has 90 valence electrons. The number of aromatic nitrogens is 1. The maximum Gasteiger partial charge on any atom is 0.118 e. The molecule has 1 saturated heterocycles. The van der Waals surface area contributed by atoms with E-state index < -0.39 is 6.10 Å². The summed E-state index contributed by atoms with van der Waals surface area (Å²) in [4.78, 5) is 4.29. The van der Waals surface area contributed by atoms with Crippen molar-refractivity contribution in [2.45, 2.75) is 25.9 Å². The van der Waals surface area contributed by atoms with Crippen LogP contribution in [0.5, 0.6) is 0 Å². The third kappa shape index (κ3) is 3.55. The van der Waals surface area contributed by atoms with Crippen LogP contribution in [0, 0.1) is 24.7 Å². The third-order valence-electron chi connectivity index (χ3n) is 3.07. The molecule has 17 heavy (non-hydrogen) atoms. The summed E-state index contributed by atoms with van der Waals surface area (Å²) in [7, 11) is 0. The van der Waals surface area contributed by atoms with Crippen LogP contribution in [0.1, 0.15) is 24.2 Å². The molecule has 0 radical (unpaired) electrons. The average Bonchev–Trinajstić information content (AvgIpc) is 2.37. The predicted octanol–water partition coefficient (Wildman–Crippen LogP) is 1.10. The number of nitrogens with zero attached hydrogens (tertiary/aromatic N) is 1. The van der Waals surface area contributed by atoms with E-state index in [0.29, 0.717) is 5.92 Å². The lowest BCUT2D eigenvalue weighted by Crippen LogP contribution is -2.33. The lowest BCUT2D eigenvalue weighted by molar-refractivity contribution is 0.138. The highest BCUT2D eigenvalue weighted by atomic mass is 16.3. The maximum absolute atomic E-state index is 9.98. The van der Waals surface area contributed by atoms with Crippen molar-refractivity contribution < 1.29 is 5.11 Å². The van der Waals surface area contributed by atoms with Crippen molar-refractivity contribution in [2.24, 2.45) is 5.92 Å². The van der Waals surface area contributed by atoms with Crippen LogP contribution in [0.25, 0.3) is 0 Å². The summed E-state index contributed by atoms with van der Waals surface area (Å²) >= 11 is 0. The molecule has 2 heterocycles. The number of nitrogens with one attached hydrogen (secondary N) is 1. The van der Waals surface area contributed by atoms with Crippen molar-refractivity contribution in [2.75, 3.05) is 13.1 Å². The highest BCUT2D eigenvalue weighted by Gasteiger charge is 2.19. The van der Waals surface area contributed by atoms with Gasteiger partial charge in [-0.15, -0.1) is 0 Å². The largest absolute Gasteiger partial charge is 0.380 e.